The summed E-state index contributed by atoms with van der Waals surface area (Å²) in [5.74, 6) is -1.78. The fraction of sp³-hybridized carbons (Fsp3) is 0.0909. The van der Waals surface area contributed by atoms with Gasteiger partial charge in [0.2, 0.25) is 0 Å². The maximum Gasteiger partial charge on any atom is 0.252 e. The number of amides is 1. The molecular formula is C11H8F2N2O. The molecule has 0 aliphatic rings. The van der Waals surface area contributed by atoms with Gasteiger partial charge < -0.3 is 5.32 Å². The first-order chi connectivity index (χ1) is 7.61. The molecule has 0 saturated carbocycles. The van der Waals surface area contributed by atoms with E-state index in [1.54, 1.807) is 0 Å². The van der Waals surface area contributed by atoms with Gasteiger partial charge in [0.1, 0.15) is 11.3 Å². The highest BCUT2D eigenvalue weighted by atomic mass is 19.1. The van der Waals surface area contributed by atoms with Gasteiger partial charge in [0.15, 0.2) is 5.82 Å². The highest BCUT2D eigenvalue weighted by molar-refractivity contribution is 5.97. The lowest BCUT2D eigenvalue weighted by Gasteiger charge is -2.02. The number of hydrogen-bond acceptors (Lipinski definition) is 2. The van der Waals surface area contributed by atoms with Gasteiger partial charge in [0.05, 0.1) is 5.56 Å². The van der Waals surface area contributed by atoms with Crippen LogP contribution in [0.15, 0.2) is 24.4 Å². The lowest BCUT2D eigenvalue weighted by atomic mass is 10.1. The molecule has 0 fully saturated rings. The third-order valence-electron chi connectivity index (χ3n) is 2.19. The van der Waals surface area contributed by atoms with E-state index >= 15 is 0 Å². The predicted octanol–water partition coefficient (Wildman–Crippen LogP) is 1.87. The zero-order valence-electron chi connectivity index (χ0n) is 8.42. The minimum Gasteiger partial charge on any atom is -0.355 e. The number of aromatic nitrogens is 1. The molecule has 1 amide bonds. The van der Waals surface area contributed by atoms with Crippen LogP contribution >= 0.6 is 0 Å². The molecule has 0 bridgehead atoms. The van der Waals surface area contributed by atoms with Crippen molar-refractivity contribution in [2.24, 2.45) is 0 Å². The molecule has 2 aromatic rings. The van der Waals surface area contributed by atoms with Gasteiger partial charge in [-0.15, -0.1) is 0 Å². The second-order valence-electron chi connectivity index (χ2n) is 3.26. The Bertz CT molecular complexity index is 569. The van der Waals surface area contributed by atoms with Crippen LogP contribution in [-0.2, 0) is 0 Å². The summed E-state index contributed by atoms with van der Waals surface area (Å²) in [5.41, 5.74) is 0.314. The largest absolute Gasteiger partial charge is 0.355 e. The molecule has 1 aromatic heterocycles. The van der Waals surface area contributed by atoms with Crippen LogP contribution in [0.4, 0.5) is 8.78 Å². The minimum atomic E-state index is -0.738. The summed E-state index contributed by atoms with van der Waals surface area (Å²) in [5, 5.41) is 2.67. The molecule has 0 atom stereocenters. The van der Waals surface area contributed by atoms with E-state index in [4.69, 9.17) is 0 Å². The molecule has 0 aliphatic carbocycles. The van der Waals surface area contributed by atoms with E-state index in [0.717, 1.165) is 12.1 Å². The molecule has 82 valence electrons. The molecule has 0 radical (unpaired) electrons. The van der Waals surface area contributed by atoms with E-state index in [0.29, 0.717) is 0 Å². The molecule has 3 nitrogen and oxygen atoms in total. The second-order valence-corrected chi connectivity index (χ2v) is 3.26. The van der Waals surface area contributed by atoms with Gasteiger partial charge in [-0.2, -0.15) is 0 Å². The monoisotopic (exact) mass is 222 g/mol. The number of rotatable bonds is 1. The zero-order valence-corrected chi connectivity index (χ0v) is 8.42. The van der Waals surface area contributed by atoms with Crippen molar-refractivity contribution in [3.05, 3.63) is 41.6 Å². The number of carbonyl (C=O) groups excluding carboxylic acids is 1. The summed E-state index contributed by atoms with van der Waals surface area (Å²) >= 11 is 0. The number of nitrogens with one attached hydrogen (secondary N) is 1. The summed E-state index contributed by atoms with van der Waals surface area (Å²) in [7, 11) is 1.47. The van der Waals surface area contributed by atoms with Crippen molar-refractivity contribution in [2.75, 3.05) is 7.05 Å². The highest BCUT2D eigenvalue weighted by Gasteiger charge is 2.09. The van der Waals surface area contributed by atoms with Crippen LogP contribution in [0, 0.1) is 11.6 Å². The number of hydrogen-bond donors (Lipinski definition) is 1. The van der Waals surface area contributed by atoms with Crippen molar-refractivity contribution in [3.8, 4) is 0 Å². The normalized spacial score (nSPS) is 10.4. The molecule has 0 unspecified atom stereocenters. The number of fused-ring (bicyclic) bond motifs is 1. The van der Waals surface area contributed by atoms with Crippen LogP contribution in [0.5, 0.6) is 0 Å². The van der Waals surface area contributed by atoms with E-state index < -0.39 is 11.6 Å². The van der Waals surface area contributed by atoms with Crippen molar-refractivity contribution in [1.29, 1.82) is 0 Å². The predicted molar refractivity (Wildman–Crippen MR) is 55.0 cm³/mol. The fourth-order valence-electron chi connectivity index (χ4n) is 1.44. The molecule has 1 heterocycles. The summed E-state index contributed by atoms with van der Waals surface area (Å²) in [6, 6.07) is 3.29. The molecule has 16 heavy (non-hydrogen) atoms. The first-order valence-electron chi connectivity index (χ1n) is 4.58. The van der Waals surface area contributed by atoms with Crippen LogP contribution < -0.4 is 5.32 Å². The van der Waals surface area contributed by atoms with Crippen molar-refractivity contribution < 1.29 is 13.6 Å². The quantitative estimate of drug-likeness (QED) is 0.800. The van der Waals surface area contributed by atoms with Crippen LogP contribution in [0.2, 0.25) is 0 Å². The van der Waals surface area contributed by atoms with Gasteiger partial charge in [-0.25, -0.2) is 8.78 Å². The molecule has 5 heteroatoms. The van der Waals surface area contributed by atoms with Crippen LogP contribution in [0.25, 0.3) is 10.9 Å². The van der Waals surface area contributed by atoms with E-state index in [9.17, 15) is 13.6 Å². The lowest BCUT2D eigenvalue weighted by molar-refractivity contribution is 0.0963. The Hall–Kier alpha value is -2.04. The van der Waals surface area contributed by atoms with Crippen molar-refractivity contribution >= 4 is 16.8 Å². The standard InChI is InChI=1S/C11H8F2N2O/c1-14-11(16)7-2-6-3-8(12)4-9(13)10(6)15-5-7/h2-5H,1H3,(H,14,16). The molecule has 0 saturated heterocycles. The topological polar surface area (TPSA) is 42.0 Å². The summed E-state index contributed by atoms with van der Waals surface area (Å²) in [4.78, 5) is 15.1. The van der Waals surface area contributed by atoms with Gasteiger partial charge in [0, 0.05) is 24.7 Å². The molecule has 2 rings (SSSR count). The minimum absolute atomic E-state index is 0.0500. The summed E-state index contributed by atoms with van der Waals surface area (Å²) in [6.07, 6.45) is 1.25. The fourth-order valence-corrected chi connectivity index (χ4v) is 1.44. The third kappa shape index (κ3) is 1.71. The maximum atomic E-state index is 13.3. The Morgan fingerprint density at radius 3 is 2.75 bits per heavy atom. The van der Waals surface area contributed by atoms with Crippen molar-refractivity contribution in [2.45, 2.75) is 0 Å². The van der Waals surface area contributed by atoms with Gasteiger partial charge in [-0.3, -0.25) is 9.78 Å². The van der Waals surface area contributed by atoms with Gasteiger partial charge in [0.25, 0.3) is 5.91 Å². The number of nitrogens with zero attached hydrogens (tertiary/aromatic N) is 1. The molecule has 1 aromatic carbocycles. The molecule has 0 spiro atoms. The first kappa shape index (κ1) is 10.5. The van der Waals surface area contributed by atoms with E-state index in [-0.39, 0.29) is 22.4 Å². The number of benzene rings is 1. The first-order valence-corrected chi connectivity index (χ1v) is 4.58. The van der Waals surface area contributed by atoms with E-state index in [1.807, 2.05) is 0 Å². The van der Waals surface area contributed by atoms with Crippen LogP contribution in [0.3, 0.4) is 0 Å². The average Bonchev–Trinajstić information content (AvgIpc) is 2.27. The number of halogens is 2. The van der Waals surface area contributed by atoms with Gasteiger partial charge in [-0.05, 0) is 12.1 Å². The Morgan fingerprint density at radius 2 is 2.06 bits per heavy atom. The Labute approximate surface area is 90.1 Å². The van der Waals surface area contributed by atoms with Crippen LogP contribution in [-0.4, -0.2) is 17.9 Å². The molecular weight excluding hydrogens is 214 g/mol. The zero-order chi connectivity index (χ0) is 11.7. The maximum absolute atomic E-state index is 13.3. The Kier molecular flexibility index (Phi) is 2.52. The smallest absolute Gasteiger partial charge is 0.252 e. The third-order valence-corrected chi connectivity index (χ3v) is 2.19. The molecule has 0 aliphatic heterocycles. The second kappa shape index (κ2) is 3.84. The lowest BCUT2D eigenvalue weighted by Crippen LogP contribution is -2.17. The SMILES string of the molecule is CNC(=O)c1cnc2c(F)cc(F)cc2c1. The average molecular weight is 222 g/mol. The Balaban J connectivity index is 2.66. The highest BCUT2D eigenvalue weighted by Crippen LogP contribution is 2.18. The van der Waals surface area contributed by atoms with Gasteiger partial charge >= 0.3 is 0 Å². The van der Waals surface area contributed by atoms with Crippen molar-refractivity contribution in [1.82, 2.24) is 10.3 Å². The van der Waals surface area contributed by atoms with Crippen LogP contribution in [0.1, 0.15) is 10.4 Å². The van der Waals surface area contributed by atoms with E-state index in [1.165, 1.54) is 19.3 Å². The Morgan fingerprint density at radius 1 is 1.31 bits per heavy atom. The number of pyridine rings is 1. The summed E-state index contributed by atoms with van der Waals surface area (Å²) in [6.45, 7) is 0. The van der Waals surface area contributed by atoms with E-state index in [2.05, 4.69) is 10.3 Å². The van der Waals surface area contributed by atoms with Gasteiger partial charge in [-0.1, -0.05) is 0 Å². The molecule has 1 N–H and O–H groups in total. The summed E-state index contributed by atoms with van der Waals surface area (Å²) < 4.78 is 26.2. The number of carbonyl (C=O) groups is 1. The van der Waals surface area contributed by atoms with Crippen molar-refractivity contribution in [3.63, 3.8) is 0 Å².